The molecule has 0 atom stereocenters. The van der Waals surface area contributed by atoms with Crippen molar-refractivity contribution in [3.63, 3.8) is 0 Å². The first kappa shape index (κ1) is 12.6. The number of aryl methyl sites for hydroxylation is 1. The molecule has 0 radical (unpaired) electrons. The van der Waals surface area contributed by atoms with Crippen LogP contribution in [0.5, 0.6) is 0 Å². The van der Waals surface area contributed by atoms with Crippen molar-refractivity contribution < 1.29 is 18.8 Å². The molecule has 19 heavy (non-hydrogen) atoms. The fraction of sp³-hybridized carbons (Fsp3) is 0.692. The summed E-state index contributed by atoms with van der Waals surface area (Å²) in [5.41, 5.74) is 0.508. The van der Waals surface area contributed by atoms with Crippen LogP contribution in [-0.2, 0) is 9.47 Å². The Balaban J connectivity index is 1.55. The van der Waals surface area contributed by atoms with E-state index in [0.29, 0.717) is 24.5 Å². The molecule has 1 aliphatic carbocycles. The van der Waals surface area contributed by atoms with Crippen molar-refractivity contribution in [2.24, 2.45) is 0 Å². The van der Waals surface area contributed by atoms with E-state index in [1.165, 1.54) is 6.20 Å². The maximum atomic E-state index is 12.0. The average molecular weight is 266 g/mol. The van der Waals surface area contributed by atoms with E-state index in [-0.39, 0.29) is 17.7 Å². The molecular formula is C13H18N2O4. The van der Waals surface area contributed by atoms with Crippen LogP contribution < -0.4 is 5.32 Å². The minimum absolute atomic E-state index is 0.118. The second-order valence-corrected chi connectivity index (χ2v) is 5.15. The Hall–Kier alpha value is -1.40. The molecule has 1 aliphatic heterocycles. The number of carbonyl (C=O) groups excluding carboxylic acids is 1. The first-order chi connectivity index (χ1) is 9.19. The number of aromatic nitrogens is 1. The summed E-state index contributed by atoms with van der Waals surface area (Å²) in [5.74, 6) is 0.0501. The molecule has 1 amide bonds. The lowest BCUT2D eigenvalue weighted by molar-refractivity contribution is -0.179. The molecule has 1 aromatic rings. The molecule has 1 aromatic heterocycles. The monoisotopic (exact) mass is 266 g/mol. The molecule has 1 N–H and O–H groups in total. The standard InChI is InChI=1S/C13H18N2O4/c1-9-11(8-14-19-9)12(16)15-10-2-4-13(5-3-10)17-6-7-18-13/h8,10H,2-7H2,1H3,(H,15,16). The van der Waals surface area contributed by atoms with E-state index < -0.39 is 0 Å². The third kappa shape index (κ3) is 2.50. The predicted molar refractivity (Wildman–Crippen MR) is 65.6 cm³/mol. The van der Waals surface area contributed by atoms with Crippen molar-refractivity contribution in [3.05, 3.63) is 17.5 Å². The summed E-state index contributed by atoms with van der Waals surface area (Å²) in [6.45, 7) is 3.09. The van der Waals surface area contributed by atoms with E-state index in [9.17, 15) is 4.79 Å². The Morgan fingerprint density at radius 2 is 2.05 bits per heavy atom. The highest BCUT2D eigenvalue weighted by Crippen LogP contribution is 2.35. The van der Waals surface area contributed by atoms with Gasteiger partial charge in [0.15, 0.2) is 5.79 Å². The maximum absolute atomic E-state index is 12.0. The number of hydrogen-bond acceptors (Lipinski definition) is 5. The van der Waals surface area contributed by atoms with Gasteiger partial charge in [-0.25, -0.2) is 0 Å². The second kappa shape index (κ2) is 4.94. The van der Waals surface area contributed by atoms with Crippen LogP contribution >= 0.6 is 0 Å². The summed E-state index contributed by atoms with van der Waals surface area (Å²) < 4.78 is 16.2. The van der Waals surface area contributed by atoms with Crippen LogP contribution in [0.1, 0.15) is 41.8 Å². The molecule has 0 bridgehead atoms. The van der Waals surface area contributed by atoms with Crippen molar-refractivity contribution in [1.29, 1.82) is 0 Å². The van der Waals surface area contributed by atoms with Crippen LogP contribution in [0.15, 0.2) is 10.7 Å². The van der Waals surface area contributed by atoms with Crippen molar-refractivity contribution in [2.75, 3.05) is 13.2 Å². The molecule has 0 aromatic carbocycles. The van der Waals surface area contributed by atoms with E-state index in [2.05, 4.69) is 10.5 Å². The highest BCUT2D eigenvalue weighted by molar-refractivity contribution is 5.94. The molecule has 3 rings (SSSR count). The van der Waals surface area contributed by atoms with Crippen LogP contribution in [-0.4, -0.2) is 36.1 Å². The molecule has 104 valence electrons. The van der Waals surface area contributed by atoms with E-state index in [1.807, 2.05) is 0 Å². The summed E-state index contributed by atoms with van der Waals surface area (Å²) in [7, 11) is 0. The van der Waals surface area contributed by atoms with Gasteiger partial charge in [0.2, 0.25) is 0 Å². The fourth-order valence-electron chi connectivity index (χ4n) is 2.77. The lowest BCUT2D eigenvalue weighted by Gasteiger charge is -2.35. The highest BCUT2D eigenvalue weighted by Gasteiger charge is 2.40. The van der Waals surface area contributed by atoms with Gasteiger partial charge in [0.25, 0.3) is 5.91 Å². The number of amides is 1. The Morgan fingerprint density at radius 1 is 1.37 bits per heavy atom. The van der Waals surface area contributed by atoms with E-state index in [0.717, 1.165) is 25.7 Å². The van der Waals surface area contributed by atoms with Gasteiger partial charge >= 0.3 is 0 Å². The van der Waals surface area contributed by atoms with Crippen molar-refractivity contribution in [3.8, 4) is 0 Å². The summed E-state index contributed by atoms with van der Waals surface area (Å²) in [6, 6.07) is 0.167. The number of rotatable bonds is 2. The first-order valence-corrected chi connectivity index (χ1v) is 6.69. The Bertz CT molecular complexity index is 455. The molecule has 1 saturated heterocycles. The maximum Gasteiger partial charge on any atom is 0.256 e. The van der Waals surface area contributed by atoms with E-state index >= 15 is 0 Å². The van der Waals surface area contributed by atoms with Crippen LogP contribution in [0.4, 0.5) is 0 Å². The Morgan fingerprint density at radius 3 is 2.63 bits per heavy atom. The number of nitrogens with one attached hydrogen (secondary N) is 1. The second-order valence-electron chi connectivity index (χ2n) is 5.15. The third-order valence-corrected chi connectivity index (χ3v) is 3.89. The molecule has 2 aliphatic rings. The van der Waals surface area contributed by atoms with Gasteiger partial charge in [0.05, 0.1) is 19.4 Å². The van der Waals surface area contributed by atoms with Gasteiger partial charge in [0.1, 0.15) is 11.3 Å². The van der Waals surface area contributed by atoms with Gasteiger partial charge in [-0.3, -0.25) is 4.79 Å². The Labute approximate surface area is 111 Å². The van der Waals surface area contributed by atoms with Gasteiger partial charge < -0.3 is 19.3 Å². The average Bonchev–Trinajstić information content (AvgIpc) is 3.02. The van der Waals surface area contributed by atoms with Gasteiger partial charge in [-0.15, -0.1) is 0 Å². The van der Waals surface area contributed by atoms with Crippen molar-refractivity contribution in [1.82, 2.24) is 10.5 Å². The lowest BCUT2D eigenvalue weighted by atomic mass is 9.90. The highest BCUT2D eigenvalue weighted by atomic mass is 16.7. The van der Waals surface area contributed by atoms with Crippen LogP contribution in [0.25, 0.3) is 0 Å². The number of hydrogen-bond donors (Lipinski definition) is 1. The zero-order valence-electron chi connectivity index (χ0n) is 11.0. The zero-order chi connectivity index (χ0) is 13.3. The predicted octanol–water partition coefficient (Wildman–Crippen LogP) is 1.40. The van der Waals surface area contributed by atoms with Crippen LogP contribution in [0, 0.1) is 6.92 Å². The molecular weight excluding hydrogens is 248 g/mol. The van der Waals surface area contributed by atoms with Gasteiger partial charge in [-0.05, 0) is 19.8 Å². The van der Waals surface area contributed by atoms with E-state index in [1.54, 1.807) is 6.92 Å². The van der Waals surface area contributed by atoms with Crippen molar-refractivity contribution >= 4 is 5.91 Å². The third-order valence-electron chi connectivity index (χ3n) is 3.89. The van der Waals surface area contributed by atoms with Gasteiger partial charge in [0, 0.05) is 18.9 Å². The van der Waals surface area contributed by atoms with Gasteiger partial charge in [-0.1, -0.05) is 5.16 Å². The molecule has 1 spiro atoms. The van der Waals surface area contributed by atoms with E-state index in [4.69, 9.17) is 14.0 Å². The largest absolute Gasteiger partial charge is 0.361 e. The SMILES string of the molecule is Cc1oncc1C(=O)NC1CCC2(CC1)OCCO2. The zero-order valence-corrected chi connectivity index (χ0v) is 11.0. The normalized spacial score (nSPS) is 22.8. The quantitative estimate of drug-likeness (QED) is 0.875. The Kier molecular flexibility index (Phi) is 3.28. The number of ether oxygens (including phenoxy) is 2. The summed E-state index contributed by atoms with van der Waals surface area (Å²) >= 11 is 0. The smallest absolute Gasteiger partial charge is 0.256 e. The molecule has 2 heterocycles. The van der Waals surface area contributed by atoms with Crippen LogP contribution in [0.2, 0.25) is 0 Å². The fourth-order valence-corrected chi connectivity index (χ4v) is 2.77. The summed E-state index contributed by atoms with van der Waals surface area (Å²) in [5, 5.41) is 6.64. The topological polar surface area (TPSA) is 73.6 Å². The first-order valence-electron chi connectivity index (χ1n) is 6.69. The molecule has 0 unspecified atom stereocenters. The van der Waals surface area contributed by atoms with Crippen LogP contribution in [0.3, 0.4) is 0 Å². The van der Waals surface area contributed by atoms with Crippen molar-refractivity contribution in [2.45, 2.75) is 44.4 Å². The van der Waals surface area contributed by atoms with Gasteiger partial charge in [-0.2, -0.15) is 0 Å². The number of nitrogens with zero attached hydrogens (tertiary/aromatic N) is 1. The molecule has 1 saturated carbocycles. The minimum Gasteiger partial charge on any atom is -0.361 e. The number of carbonyl (C=O) groups is 1. The summed E-state index contributed by atoms with van der Waals surface area (Å²) in [4.78, 5) is 12.0. The molecule has 6 heteroatoms. The molecule has 6 nitrogen and oxygen atoms in total. The minimum atomic E-state index is -0.381. The lowest BCUT2D eigenvalue weighted by Crippen LogP contribution is -2.44. The summed E-state index contributed by atoms with van der Waals surface area (Å²) in [6.07, 6.45) is 4.87. The molecule has 2 fully saturated rings.